The van der Waals surface area contributed by atoms with E-state index < -0.39 is 5.97 Å². The average Bonchev–Trinajstić information content (AvgIpc) is 3.15. The number of ether oxygens (including phenoxy) is 3. The predicted molar refractivity (Wildman–Crippen MR) is 137 cm³/mol. The van der Waals surface area contributed by atoms with Crippen LogP contribution >= 0.6 is 11.3 Å². The molecule has 2 aromatic carbocycles. The van der Waals surface area contributed by atoms with Gasteiger partial charge in [-0.25, -0.2) is 4.79 Å². The van der Waals surface area contributed by atoms with E-state index in [0.29, 0.717) is 35.3 Å². The lowest BCUT2D eigenvalue weighted by Crippen LogP contribution is -2.12. The van der Waals surface area contributed by atoms with Gasteiger partial charge < -0.3 is 19.5 Å². The molecule has 0 atom stereocenters. The molecule has 0 saturated carbocycles. The van der Waals surface area contributed by atoms with Crippen molar-refractivity contribution >= 4 is 34.3 Å². The Morgan fingerprint density at radius 2 is 1.65 bits per heavy atom. The van der Waals surface area contributed by atoms with Gasteiger partial charge >= 0.3 is 5.97 Å². The van der Waals surface area contributed by atoms with Gasteiger partial charge in [0.2, 0.25) is 5.91 Å². The first-order valence-corrected chi connectivity index (χ1v) is 12.0. The third-order valence-corrected chi connectivity index (χ3v) is 5.88. The molecule has 0 aliphatic carbocycles. The van der Waals surface area contributed by atoms with E-state index in [2.05, 4.69) is 5.32 Å². The summed E-state index contributed by atoms with van der Waals surface area (Å²) in [5.41, 5.74) is 2.83. The molecule has 0 radical (unpaired) electrons. The van der Waals surface area contributed by atoms with Crippen LogP contribution in [-0.4, -0.2) is 31.7 Å². The third-order valence-electron chi connectivity index (χ3n) is 4.86. The molecular formula is C27H29NO5S. The summed E-state index contributed by atoms with van der Waals surface area (Å²) in [7, 11) is 0. The second kappa shape index (κ2) is 12.0. The number of aryl methyl sites for hydroxylation is 1. The van der Waals surface area contributed by atoms with Crippen molar-refractivity contribution in [1.82, 2.24) is 0 Å². The largest absolute Gasteiger partial charge is 0.490 e. The quantitative estimate of drug-likeness (QED) is 0.271. The first-order valence-electron chi connectivity index (χ1n) is 11.2. The number of nitrogens with one attached hydrogen (secondary N) is 1. The molecule has 1 N–H and O–H groups in total. The molecule has 6 nitrogen and oxygen atoms in total. The number of esters is 1. The molecule has 7 heteroatoms. The van der Waals surface area contributed by atoms with Crippen molar-refractivity contribution in [3.05, 3.63) is 70.6 Å². The van der Waals surface area contributed by atoms with E-state index in [1.165, 1.54) is 17.4 Å². The van der Waals surface area contributed by atoms with Crippen molar-refractivity contribution in [1.29, 1.82) is 0 Å². The molecule has 0 saturated heterocycles. The molecule has 0 aliphatic heterocycles. The summed E-state index contributed by atoms with van der Waals surface area (Å²) in [6, 6.07) is 15.1. The Bertz CT molecular complexity index is 1170. The number of rotatable bonds is 10. The van der Waals surface area contributed by atoms with Gasteiger partial charge in [0.25, 0.3) is 0 Å². The maximum Gasteiger partial charge on any atom is 0.341 e. The molecule has 0 spiro atoms. The van der Waals surface area contributed by atoms with Crippen molar-refractivity contribution < 1.29 is 23.8 Å². The van der Waals surface area contributed by atoms with Crippen LogP contribution in [-0.2, 0) is 9.53 Å². The summed E-state index contributed by atoms with van der Waals surface area (Å²) in [6.07, 6.45) is 3.12. The number of carbonyl (C=O) groups excluding carboxylic acids is 2. The fourth-order valence-electron chi connectivity index (χ4n) is 3.48. The van der Waals surface area contributed by atoms with Gasteiger partial charge in [-0.05, 0) is 57.0 Å². The number of carbonyl (C=O) groups is 2. The number of hydrogen-bond donors (Lipinski definition) is 1. The van der Waals surface area contributed by atoms with E-state index in [1.54, 1.807) is 13.0 Å². The molecule has 0 aliphatic rings. The fraction of sp³-hybridized carbons (Fsp3) is 0.259. The van der Waals surface area contributed by atoms with E-state index in [0.717, 1.165) is 21.6 Å². The molecule has 1 heterocycles. The van der Waals surface area contributed by atoms with Crippen molar-refractivity contribution in [2.75, 3.05) is 25.1 Å². The van der Waals surface area contributed by atoms with Crippen LogP contribution in [0.5, 0.6) is 11.5 Å². The van der Waals surface area contributed by atoms with E-state index >= 15 is 0 Å². The molecule has 0 unspecified atom stereocenters. The van der Waals surface area contributed by atoms with Crippen molar-refractivity contribution in [3.63, 3.8) is 0 Å². The standard InChI is InChI=1S/C27H29NO5S/c1-5-31-21-15-13-19(17-22(21)32-6-2)14-16-23(29)28-26-25(27(30)33-7-3)24(18(4)34-26)20-11-9-8-10-12-20/h8-17H,5-7H2,1-4H3,(H,28,29). The minimum Gasteiger partial charge on any atom is -0.490 e. The zero-order valence-corrected chi connectivity index (χ0v) is 20.7. The van der Waals surface area contributed by atoms with Gasteiger partial charge in [0, 0.05) is 16.5 Å². The van der Waals surface area contributed by atoms with Gasteiger partial charge in [-0.2, -0.15) is 0 Å². The monoisotopic (exact) mass is 479 g/mol. The number of thiophene rings is 1. The van der Waals surface area contributed by atoms with Crippen molar-refractivity contribution in [3.8, 4) is 22.6 Å². The summed E-state index contributed by atoms with van der Waals surface area (Å²) >= 11 is 1.35. The SMILES string of the molecule is CCOC(=O)c1c(NC(=O)C=Cc2ccc(OCC)c(OCC)c2)sc(C)c1-c1ccccc1. The third kappa shape index (κ3) is 6.05. The summed E-state index contributed by atoms with van der Waals surface area (Å²) in [5.74, 6) is 0.474. The Kier molecular flexibility index (Phi) is 8.87. The first-order chi connectivity index (χ1) is 16.5. The Morgan fingerprint density at radius 1 is 0.941 bits per heavy atom. The number of benzene rings is 2. The van der Waals surface area contributed by atoms with Crippen LogP contribution in [0.25, 0.3) is 17.2 Å². The predicted octanol–water partition coefficient (Wildman–Crippen LogP) is 6.35. The molecule has 178 valence electrons. The topological polar surface area (TPSA) is 73.9 Å². The van der Waals surface area contributed by atoms with Crippen molar-refractivity contribution in [2.45, 2.75) is 27.7 Å². The number of amides is 1. The molecule has 0 fully saturated rings. The van der Waals surface area contributed by atoms with Gasteiger partial charge in [0.15, 0.2) is 11.5 Å². The lowest BCUT2D eigenvalue weighted by molar-refractivity contribution is -0.111. The highest BCUT2D eigenvalue weighted by Crippen LogP contribution is 2.40. The molecule has 34 heavy (non-hydrogen) atoms. The van der Waals surface area contributed by atoms with Crippen LogP contribution in [0.1, 0.15) is 41.6 Å². The zero-order chi connectivity index (χ0) is 24.5. The smallest absolute Gasteiger partial charge is 0.341 e. The summed E-state index contributed by atoms with van der Waals surface area (Å²) in [5, 5.41) is 3.32. The molecule has 3 rings (SSSR count). The second-order valence-corrected chi connectivity index (χ2v) is 8.44. The minimum atomic E-state index is -0.460. The van der Waals surface area contributed by atoms with Crippen LogP contribution < -0.4 is 14.8 Å². The minimum absolute atomic E-state index is 0.245. The number of anilines is 1. The highest BCUT2D eigenvalue weighted by Gasteiger charge is 2.25. The van der Waals surface area contributed by atoms with E-state index in [4.69, 9.17) is 14.2 Å². The van der Waals surface area contributed by atoms with Crippen LogP contribution in [0.15, 0.2) is 54.6 Å². The highest BCUT2D eigenvalue weighted by atomic mass is 32.1. The molecule has 3 aromatic rings. The summed E-state index contributed by atoms with van der Waals surface area (Å²) in [4.78, 5) is 26.5. The Hall–Kier alpha value is -3.58. The van der Waals surface area contributed by atoms with E-state index in [-0.39, 0.29) is 12.5 Å². The lowest BCUT2D eigenvalue weighted by atomic mass is 10.0. The van der Waals surface area contributed by atoms with Crippen LogP contribution in [0, 0.1) is 6.92 Å². The first kappa shape index (κ1) is 25.1. The fourth-order valence-corrected chi connectivity index (χ4v) is 4.55. The van der Waals surface area contributed by atoms with Gasteiger partial charge in [0.05, 0.1) is 19.8 Å². The summed E-state index contributed by atoms with van der Waals surface area (Å²) in [6.45, 7) is 8.78. The normalized spacial score (nSPS) is 10.8. The van der Waals surface area contributed by atoms with Gasteiger partial charge in [-0.1, -0.05) is 36.4 Å². The average molecular weight is 480 g/mol. The van der Waals surface area contributed by atoms with E-state index in [9.17, 15) is 9.59 Å². The lowest BCUT2D eigenvalue weighted by Gasteiger charge is -2.11. The van der Waals surface area contributed by atoms with Crippen LogP contribution in [0.3, 0.4) is 0 Å². The molecule has 0 bridgehead atoms. The van der Waals surface area contributed by atoms with E-state index in [1.807, 2.05) is 69.3 Å². The molecular weight excluding hydrogens is 450 g/mol. The maximum atomic E-state index is 12.8. The zero-order valence-electron chi connectivity index (χ0n) is 19.8. The maximum absolute atomic E-state index is 12.8. The second-order valence-electron chi connectivity index (χ2n) is 7.22. The Balaban J connectivity index is 1.87. The molecule has 1 aromatic heterocycles. The van der Waals surface area contributed by atoms with Gasteiger partial charge in [-0.15, -0.1) is 11.3 Å². The van der Waals surface area contributed by atoms with Crippen molar-refractivity contribution in [2.24, 2.45) is 0 Å². The Morgan fingerprint density at radius 3 is 2.32 bits per heavy atom. The van der Waals surface area contributed by atoms with Crippen LogP contribution in [0.4, 0.5) is 5.00 Å². The Labute approximate surface area is 204 Å². The van der Waals surface area contributed by atoms with Gasteiger partial charge in [-0.3, -0.25) is 4.79 Å². The van der Waals surface area contributed by atoms with Crippen LogP contribution in [0.2, 0.25) is 0 Å². The number of hydrogen-bond acceptors (Lipinski definition) is 6. The highest BCUT2D eigenvalue weighted by molar-refractivity contribution is 7.17. The van der Waals surface area contributed by atoms with Gasteiger partial charge in [0.1, 0.15) is 10.6 Å². The summed E-state index contributed by atoms with van der Waals surface area (Å²) < 4.78 is 16.5. The molecule has 1 amide bonds.